The maximum atomic E-state index is 12.6. The molecule has 0 aliphatic heterocycles. The Kier molecular flexibility index (Phi) is 5.80. The van der Waals surface area contributed by atoms with Crippen LogP contribution >= 0.6 is 0 Å². The smallest absolute Gasteiger partial charge is 0.225 e. The second-order valence-corrected chi connectivity index (χ2v) is 6.74. The SMILES string of the molecule is CC(C)c1ccc(CC(=O)NC(c2ccccc2)c2ccccn2)cc1. The van der Waals surface area contributed by atoms with Crippen LogP contribution in [-0.2, 0) is 11.2 Å². The first-order valence-electron chi connectivity index (χ1n) is 8.97. The molecule has 0 bridgehead atoms. The number of nitrogens with zero attached hydrogens (tertiary/aromatic N) is 1. The number of nitrogens with one attached hydrogen (secondary N) is 1. The summed E-state index contributed by atoms with van der Waals surface area (Å²) in [7, 11) is 0. The lowest BCUT2D eigenvalue weighted by molar-refractivity contribution is -0.121. The van der Waals surface area contributed by atoms with Crippen LogP contribution in [0.15, 0.2) is 79.0 Å². The fourth-order valence-corrected chi connectivity index (χ4v) is 2.94. The van der Waals surface area contributed by atoms with Crippen LogP contribution in [0.4, 0.5) is 0 Å². The van der Waals surface area contributed by atoms with Crippen molar-refractivity contribution in [3.05, 3.63) is 101 Å². The monoisotopic (exact) mass is 344 g/mol. The Labute approximate surface area is 155 Å². The zero-order valence-electron chi connectivity index (χ0n) is 15.2. The van der Waals surface area contributed by atoms with Gasteiger partial charge in [-0.15, -0.1) is 0 Å². The lowest BCUT2D eigenvalue weighted by atomic mass is 10.00. The predicted octanol–water partition coefficient (Wildman–Crippen LogP) is 4.65. The minimum atomic E-state index is -0.250. The molecular weight excluding hydrogens is 320 g/mol. The van der Waals surface area contributed by atoms with E-state index in [-0.39, 0.29) is 11.9 Å². The summed E-state index contributed by atoms with van der Waals surface area (Å²) in [4.78, 5) is 17.1. The minimum Gasteiger partial charge on any atom is -0.343 e. The van der Waals surface area contributed by atoms with Crippen LogP contribution in [0.5, 0.6) is 0 Å². The topological polar surface area (TPSA) is 42.0 Å². The molecule has 1 N–H and O–H groups in total. The van der Waals surface area contributed by atoms with Crippen LogP contribution in [0.25, 0.3) is 0 Å². The highest BCUT2D eigenvalue weighted by Crippen LogP contribution is 2.20. The summed E-state index contributed by atoms with van der Waals surface area (Å²) in [6.45, 7) is 4.33. The molecule has 26 heavy (non-hydrogen) atoms. The number of hydrogen-bond donors (Lipinski definition) is 1. The Balaban J connectivity index is 1.75. The minimum absolute atomic E-state index is 0.0122. The van der Waals surface area contributed by atoms with Gasteiger partial charge in [0.15, 0.2) is 0 Å². The largest absolute Gasteiger partial charge is 0.343 e. The quantitative estimate of drug-likeness (QED) is 0.707. The number of benzene rings is 2. The number of aromatic nitrogens is 1. The fraction of sp³-hybridized carbons (Fsp3) is 0.217. The molecule has 3 aromatic rings. The Bertz CT molecular complexity index is 788. The molecule has 3 rings (SSSR count). The van der Waals surface area contributed by atoms with Crippen LogP contribution in [0, 0.1) is 0 Å². The van der Waals surface area contributed by atoms with E-state index in [1.54, 1.807) is 6.20 Å². The summed E-state index contributed by atoms with van der Waals surface area (Å²) in [6.07, 6.45) is 2.11. The zero-order chi connectivity index (χ0) is 18.4. The molecule has 0 saturated carbocycles. The molecule has 0 spiro atoms. The third-order valence-corrected chi connectivity index (χ3v) is 4.43. The van der Waals surface area contributed by atoms with Crippen molar-refractivity contribution < 1.29 is 4.79 Å². The van der Waals surface area contributed by atoms with Gasteiger partial charge in [-0.3, -0.25) is 9.78 Å². The van der Waals surface area contributed by atoms with E-state index in [1.165, 1.54) is 5.56 Å². The van der Waals surface area contributed by atoms with Gasteiger partial charge in [0, 0.05) is 6.20 Å². The summed E-state index contributed by atoms with van der Waals surface area (Å²) in [5, 5.41) is 3.13. The molecule has 0 aliphatic rings. The predicted molar refractivity (Wildman–Crippen MR) is 105 cm³/mol. The first kappa shape index (κ1) is 17.9. The van der Waals surface area contributed by atoms with Gasteiger partial charge in [-0.2, -0.15) is 0 Å². The molecule has 1 heterocycles. The number of carbonyl (C=O) groups is 1. The zero-order valence-corrected chi connectivity index (χ0v) is 15.2. The van der Waals surface area contributed by atoms with Crippen LogP contribution in [-0.4, -0.2) is 10.9 Å². The second kappa shape index (κ2) is 8.43. The molecule has 0 aliphatic carbocycles. The van der Waals surface area contributed by atoms with Gasteiger partial charge in [0.1, 0.15) is 0 Å². The van der Waals surface area contributed by atoms with Crippen LogP contribution < -0.4 is 5.32 Å². The van der Waals surface area contributed by atoms with Gasteiger partial charge < -0.3 is 5.32 Å². The number of carbonyl (C=O) groups excluding carboxylic acids is 1. The number of rotatable bonds is 6. The summed E-state index contributed by atoms with van der Waals surface area (Å²) in [5.41, 5.74) is 4.15. The highest BCUT2D eigenvalue weighted by molar-refractivity contribution is 5.79. The van der Waals surface area contributed by atoms with E-state index >= 15 is 0 Å². The van der Waals surface area contributed by atoms with E-state index in [0.29, 0.717) is 12.3 Å². The van der Waals surface area contributed by atoms with Gasteiger partial charge in [-0.05, 0) is 34.7 Å². The number of amides is 1. The molecule has 0 radical (unpaired) electrons. The van der Waals surface area contributed by atoms with Crippen LogP contribution in [0.1, 0.15) is 48.2 Å². The highest BCUT2D eigenvalue weighted by atomic mass is 16.1. The molecule has 0 saturated heterocycles. The molecular formula is C23H24N2O. The van der Waals surface area contributed by atoms with Crippen LogP contribution in [0.2, 0.25) is 0 Å². The summed E-state index contributed by atoms with van der Waals surface area (Å²) in [5.74, 6) is 0.478. The Hall–Kier alpha value is -2.94. The summed E-state index contributed by atoms with van der Waals surface area (Å²) in [6, 6.07) is 23.7. The molecule has 1 unspecified atom stereocenters. The van der Waals surface area contributed by atoms with E-state index in [1.807, 2.05) is 60.7 Å². The average Bonchev–Trinajstić information content (AvgIpc) is 2.68. The van der Waals surface area contributed by atoms with Gasteiger partial charge in [0.2, 0.25) is 5.91 Å². The molecule has 132 valence electrons. The molecule has 1 aromatic heterocycles. The third-order valence-electron chi connectivity index (χ3n) is 4.43. The van der Waals surface area contributed by atoms with Gasteiger partial charge in [-0.1, -0.05) is 74.5 Å². The van der Waals surface area contributed by atoms with Gasteiger partial charge in [0.25, 0.3) is 0 Å². The van der Waals surface area contributed by atoms with E-state index in [4.69, 9.17) is 0 Å². The molecule has 0 fully saturated rings. The number of pyridine rings is 1. The molecule has 3 nitrogen and oxygen atoms in total. The van der Waals surface area contributed by atoms with Crippen molar-refractivity contribution in [1.29, 1.82) is 0 Å². The first-order chi connectivity index (χ1) is 12.6. The van der Waals surface area contributed by atoms with E-state index in [2.05, 4.69) is 36.3 Å². The standard InChI is InChI=1S/C23H24N2O/c1-17(2)19-13-11-18(12-14-19)16-22(26)25-23(20-8-4-3-5-9-20)21-10-6-7-15-24-21/h3-15,17,23H,16H2,1-2H3,(H,25,26). The van der Waals surface area contributed by atoms with Crippen LogP contribution in [0.3, 0.4) is 0 Å². The molecule has 3 heteroatoms. The Morgan fingerprint density at radius 1 is 0.885 bits per heavy atom. The first-order valence-corrected chi connectivity index (χ1v) is 8.97. The summed E-state index contributed by atoms with van der Waals surface area (Å²) < 4.78 is 0. The molecule has 2 aromatic carbocycles. The summed E-state index contributed by atoms with van der Waals surface area (Å²) >= 11 is 0. The van der Waals surface area contributed by atoms with Crippen molar-refractivity contribution in [2.24, 2.45) is 0 Å². The van der Waals surface area contributed by atoms with Crippen molar-refractivity contribution >= 4 is 5.91 Å². The fourth-order valence-electron chi connectivity index (χ4n) is 2.94. The van der Waals surface area contributed by atoms with Gasteiger partial charge in [0.05, 0.1) is 18.2 Å². The maximum absolute atomic E-state index is 12.6. The Morgan fingerprint density at radius 2 is 1.58 bits per heavy atom. The lowest BCUT2D eigenvalue weighted by Gasteiger charge is -2.19. The van der Waals surface area contributed by atoms with Crippen molar-refractivity contribution in [2.75, 3.05) is 0 Å². The Morgan fingerprint density at radius 3 is 2.19 bits per heavy atom. The normalized spacial score (nSPS) is 12.0. The third kappa shape index (κ3) is 4.57. The van der Waals surface area contributed by atoms with Crippen molar-refractivity contribution in [3.63, 3.8) is 0 Å². The number of hydrogen-bond acceptors (Lipinski definition) is 2. The average molecular weight is 344 g/mol. The maximum Gasteiger partial charge on any atom is 0.225 e. The van der Waals surface area contributed by atoms with E-state index < -0.39 is 0 Å². The second-order valence-electron chi connectivity index (χ2n) is 6.74. The van der Waals surface area contributed by atoms with Gasteiger partial charge >= 0.3 is 0 Å². The molecule has 1 atom stereocenters. The van der Waals surface area contributed by atoms with Crippen molar-refractivity contribution in [2.45, 2.75) is 32.2 Å². The van der Waals surface area contributed by atoms with E-state index in [9.17, 15) is 4.79 Å². The van der Waals surface area contributed by atoms with Gasteiger partial charge in [-0.25, -0.2) is 0 Å². The van der Waals surface area contributed by atoms with E-state index in [0.717, 1.165) is 16.8 Å². The van der Waals surface area contributed by atoms with Crippen molar-refractivity contribution in [3.8, 4) is 0 Å². The highest BCUT2D eigenvalue weighted by Gasteiger charge is 2.18. The lowest BCUT2D eigenvalue weighted by Crippen LogP contribution is -2.31. The van der Waals surface area contributed by atoms with Crippen molar-refractivity contribution in [1.82, 2.24) is 10.3 Å². The molecule has 1 amide bonds.